The summed E-state index contributed by atoms with van der Waals surface area (Å²) in [5.74, 6) is 1.78. The van der Waals surface area contributed by atoms with Gasteiger partial charge in [-0.25, -0.2) is 4.79 Å². The lowest BCUT2D eigenvalue weighted by Crippen LogP contribution is -2.41. The third kappa shape index (κ3) is 9.88. The molecule has 3 rings (SSSR count). The van der Waals surface area contributed by atoms with Crippen molar-refractivity contribution < 1.29 is 28.5 Å². The van der Waals surface area contributed by atoms with Crippen molar-refractivity contribution in [3.05, 3.63) is 59.7 Å². The summed E-state index contributed by atoms with van der Waals surface area (Å²) >= 11 is 0. The van der Waals surface area contributed by atoms with Crippen LogP contribution in [0.1, 0.15) is 77.3 Å². The number of benzene rings is 2. The summed E-state index contributed by atoms with van der Waals surface area (Å²) in [6.07, 6.45) is 3.79. The highest BCUT2D eigenvalue weighted by Gasteiger charge is 2.30. The molecule has 7 nitrogen and oxygen atoms in total. The van der Waals surface area contributed by atoms with Crippen LogP contribution in [0.15, 0.2) is 48.5 Å². The lowest BCUT2D eigenvalue weighted by molar-refractivity contribution is -0.151. The summed E-state index contributed by atoms with van der Waals surface area (Å²) in [7, 11) is 0. The minimum atomic E-state index is -0.424. The van der Waals surface area contributed by atoms with E-state index >= 15 is 0 Å². The molecule has 1 fully saturated rings. The molecule has 2 aromatic rings. The second-order valence-corrected chi connectivity index (χ2v) is 10.7. The highest BCUT2D eigenvalue weighted by atomic mass is 16.6. The van der Waals surface area contributed by atoms with Gasteiger partial charge < -0.3 is 23.8 Å². The molecule has 1 aliphatic heterocycles. The van der Waals surface area contributed by atoms with E-state index in [-0.39, 0.29) is 37.2 Å². The number of hydrogen-bond donors (Lipinski definition) is 0. The Hall–Kier alpha value is -3.06. The van der Waals surface area contributed by atoms with Gasteiger partial charge in [-0.1, -0.05) is 37.6 Å². The van der Waals surface area contributed by atoms with E-state index in [0.29, 0.717) is 25.6 Å². The molecule has 0 atom stereocenters. The Labute approximate surface area is 233 Å². The van der Waals surface area contributed by atoms with Crippen LogP contribution in [0, 0.1) is 5.92 Å². The monoisotopic (exact) mass is 539 g/mol. The quantitative estimate of drug-likeness (QED) is 0.217. The summed E-state index contributed by atoms with van der Waals surface area (Å²) in [4.78, 5) is 26.3. The maximum absolute atomic E-state index is 12.7. The minimum Gasteiger partial charge on any atom is -0.491 e. The number of carbonyl (C=O) groups excluding carboxylic acids is 2. The van der Waals surface area contributed by atoms with Crippen molar-refractivity contribution in [2.75, 3.05) is 32.9 Å². The summed E-state index contributed by atoms with van der Waals surface area (Å²) in [6.45, 7) is 11.5. The molecule has 0 unspecified atom stereocenters. The van der Waals surface area contributed by atoms with Gasteiger partial charge >= 0.3 is 5.97 Å². The Bertz CT molecular complexity index is 956. The second kappa shape index (κ2) is 15.5. The van der Waals surface area contributed by atoms with Gasteiger partial charge in [0.25, 0.3) is 0 Å². The molecule has 0 spiro atoms. The minimum absolute atomic E-state index is 0.0864. The normalized spacial score (nSPS) is 14.2. The van der Waals surface area contributed by atoms with E-state index in [1.54, 1.807) is 0 Å². The number of unbranched alkanes of at least 4 members (excludes halogenated alkanes) is 1. The Balaban J connectivity index is 1.63. The predicted octanol–water partition coefficient (Wildman–Crippen LogP) is 5.99. The van der Waals surface area contributed by atoms with E-state index in [0.717, 1.165) is 37.2 Å². The number of esters is 1. The molecular formula is C32H45NO6. The van der Waals surface area contributed by atoms with Gasteiger partial charge in [0.05, 0.1) is 18.8 Å². The van der Waals surface area contributed by atoms with Crippen LogP contribution in [0.3, 0.4) is 0 Å². The van der Waals surface area contributed by atoms with Gasteiger partial charge in [-0.2, -0.15) is 0 Å². The lowest BCUT2D eigenvalue weighted by Gasteiger charge is -2.36. The van der Waals surface area contributed by atoms with Crippen LogP contribution in [0.5, 0.6) is 11.5 Å². The van der Waals surface area contributed by atoms with Gasteiger partial charge in [0, 0.05) is 19.0 Å². The van der Waals surface area contributed by atoms with Crippen molar-refractivity contribution >= 4 is 11.9 Å². The number of amides is 1. The van der Waals surface area contributed by atoms with Crippen LogP contribution in [-0.4, -0.2) is 61.9 Å². The zero-order valence-corrected chi connectivity index (χ0v) is 24.2. The van der Waals surface area contributed by atoms with Gasteiger partial charge in [-0.15, -0.1) is 0 Å². The topological polar surface area (TPSA) is 74.3 Å². The number of likely N-dealkylation sites (tertiary alicyclic amines) is 1. The van der Waals surface area contributed by atoms with E-state index in [9.17, 15) is 9.59 Å². The first-order valence-electron chi connectivity index (χ1n) is 14.3. The number of hydrogen-bond acceptors (Lipinski definition) is 6. The summed E-state index contributed by atoms with van der Waals surface area (Å²) in [5.41, 5.74) is 2.47. The smallest absolute Gasteiger partial charge is 0.332 e. The molecular weight excluding hydrogens is 494 g/mol. The standard InChI is InChI=1S/C32H45NO6/c1-6-7-20-37-31(35)22-36-21-30(34)33-18-16-27(17-19-33)32(25-8-12-28(13-9-25)38-23(2)3)26-10-14-29(15-11-26)39-24(4)5/h8-15,23-24,27,32H,6-7,16-22H2,1-5H3. The molecule has 0 aromatic heterocycles. The van der Waals surface area contributed by atoms with Gasteiger partial charge in [-0.3, -0.25) is 4.79 Å². The van der Waals surface area contributed by atoms with E-state index in [1.165, 1.54) is 11.1 Å². The van der Waals surface area contributed by atoms with Crippen molar-refractivity contribution in [3.8, 4) is 11.5 Å². The van der Waals surface area contributed by atoms with Crippen molar-refractivity contribution in [3.63, 3.8) is 0 Å². The van der Waals surface area contributed by atoms with Gasteiger partial charge in [0.2, 0.25) is 5.91 Å². The summed E-state index contributed by atoms with van der Waals surface area (Å²) in [5, 5.41) is 0. The van der Waals surface area contributed by atoms with Crippen LogP contribution in [-0.2, 0) is 19.1 Å². The average Bonchev–Trinajstić information content (AvgIpc) is 2.90. The van der Waals surface area contributed by atoms with E-state index in [4.69, 9.17) is 18.9 Å². The molecule has 2 aromatic carbocycles. The fourth-order valence-corrected chi connectivity index (χ4v) is 4.96. The zero-order chi connectivity index (χ0) is 28.2. The first-order valence-corrected chi connectivity index (χ1v) is 14.3. The molecule has 1 aliphatic rings. The SMILES string of the molecule is CCCCOC(=O)COCC(=O)N1CCC(C(c2ccc(OC(C)C)cc2)c2ccc(OC(C)C)cc2)CC1. The third-order valence-electron chi connectivity index (χ3n) is 6.79. The van der Waals surface area contributed by atoms with Crippen LogP contribution < -0.4 is 9.47 Å². The fraction of sp³-hybridized carbons (Fsp3) is 0.562. The molecule has 0 saturated carbocycles. The maximum Gasteiger partial charge on any atom is 0.332 e. The Morgan fingerprint density at radius 3 is 1.79 bits per heavy atom. The highest BCUT2D eigenvalue weighted by molar-refractivity contribution is 5.78. The van der Waals surface area contributed by atoms with Crippen LogP contribution in [0.4, 0.5) is 0 Å². The number of piperidine rings is 1. The lowest BCUT2D eigenvalue weighted by atomic mass is 9.76. The van der Waals surface area contributed by atoms with E-state index in [2.05, 4.69) is 24.3 Å². The largest absolute Gasteiger partial charge is 0.491 e. The van der Waals surface area contributed by atoms with Gasteiger partial charge in [-0.05, 0) is 88.3 Å². The van der Waals surface area contributed by atoms with Crippen molar-refractivity contribution in [1.82, 2.24) is 4.90 Å². The molecule has 39 heavy (non-hydrogen) atoms. The van der Waals surface area contributed by atoms with Crippen LogP contribution in [0.25, 0.3) is 0 Å². The van der Waals surface area contributed by atoms with Crippen molar-refractivity contribution in [2.24, 2.45) is 5.92 Å². The number of carbonyl (C=O) groups is 2. The first-order chi connectivity index (χ1) is 18.8. The highest BCUT2D eigenvalue weighted by Crippen LogP contribution is 2.39. The number of nitrogens with zero attached hydrogens (tertiary/aromatic N) is 1. The third-order valence-corrected chi connectivity index (χ3v) is 6.79. The second-order valence-electron chi connectivity index (χ2n) is 10.7. The number of rotatable bonds is 14. The fourth-order valence-electron chi connectivity index (χ4n) is 4.96. The molecule has 0 aliphatic carbocycles. The zero-order valence-electron chi connectivity index (χ0n) is 24.2. The molecule has 214 valence electrons. The molecule has 1 heterocycles. The molecule has 1 amide bonds. The Morgan fingerprint density at radius 1 is 0.821 bits per heavy atom. The Kier molecular flexibility index (Phi) is 12.1. The van der Waals surface area contributed by atoms with E-state index in [1.807, 2.05) is 63.8 Å². The molecule has 1 saturated heterocycles. The predicted molar refractivity (Wildman–Crippen MR) is 152 cm³/mol. The van der Waals surface area contributed by atoms with Crippen LogP contribution in [0.2, 0.25) is 0 Å². The molecule has 0 bridgehead atoms. The molecule has 0 radical (unpaired) electrons. The molecule has 0 N–H and O–H groups in total. The van der Waals surface area contributed by atoms with Gasteiger partial charge in [0.1, 0.15) is 24.7 Å². The van der Waals surface area contributed by atoms with Gasteiger partial charge in [0.15, 0.2) is 0 Å². The molecule has 7 heteroatoms. The maximum atomic E-state index is 12.7. The first kappa shape index (κ1) is 30.5. The van der Waals surface area contributed by atoms with Crippen molar-refractivity contribution in [1.29, 1.82) is 0 Å². The summed E-state index contributed by atoms with van der Waals surface area (Å²) < 4.78 is 22.1. The van der Waals surface area contributed by atoms with E-state index < -0.39 is 5.97 Å². The average molecular weight is 540 g/mol. The summed E-state index contributed by atoms with van der Waals surface area (Å²) in [6, 6.07) is 16.8. The number of ether oxygens (including phenoxy) is 4. The Morgan fingerprint density at radius 2 is 1.33 bits per heavy atom. The van der Waals surface area contributed by atoms with Crippen molar-refractivity contribution in [2.45, 2.75) is 78.4 Å². The van der Waals surface area contributed by atoms with Crippen LogP contribution >= 0.6 is 0 Å².